The monoisotopic (exact) mass is 245 g/mol. The lowest BCUT2D eigenvalue weighted by Gasteiger charge is -2.01. The molecule has 1 rings (SSSR count). The molecular formula is C10H12FNO3S. The SMILES string of the molecule is COCCCSc1cc(F)cc([N+](=O)[O-])c1. The summed E-state index contributed by atoms with van der Waals surface area (Å²) < 4.78 is 17.9. The van der Waals surface area contributed by atoms with E-state index in [9.17, 15) is 14.5 Å². The van der Waals surface area contributed by atoms with E-state index in [1.165, 1.54) is 23.9 Å². The predicted octanol–water partition coefficient (Wildman–Crippen LogP) is 2.86. The molecule has 0 heterocycles. The average Bonchev–Trinajstić information content (AvgIpc) is 2.23. The van der Waals surface area contributed by atoms with E-state index in [4.69, 9.17) is 4.74 Å². The number of nitrogens with zero attached hydrogens (tertiary/aromatic N) is 1. The van der Waals surface area contributed by atoms with Crippen LogP contribution in [0.3, 0.4) is 0 Å². The van der Waals surface area contributed by atoms with Crippen LogP contribution in [0.25, 0.3) is 0 Å². The smallest absolute Gasteiger partial charge is 0.273 e. The summed E-state index contributed by atoms with van der Waals surface area (Å²) in [5, 5.41) is 10.5. The third kappa shape index (κ3) is 4.16. The van der Waals surface area contributed by atoms with Crippen molar-refractivity contribution in [1.82, 2.24) is 0 Å². The van der Waals surface area contributed by atoms with Gasteiger partial charge < -0.3 is 4.74 Å². The first-order valence-corrected chi connectivity index (χ1v) is 5.69. The second-order valence-corrected chi connectivity index (χ2v) is 4.27. The fourth-order valence-corrected chi connectivity index (χ4v) is 2.03. The van der Waals surface area contributed by atoms with E-state index in [0.29, 0.717) is 11.5 Å². The molecule has 0 atom stereocenters. The van der Waals surface area contributed by atoms with Crippen LogP contribution in [-0.4, -0.2) is 24.4 Å². The van der Waals surface area contributed by atoms with Gasteiger partial charge in [0.15, 0.2) is 0 Å². The molecular weight excluding hydrogens is 233 g/mol. The topological polar surface area (TPSA) is 52.4 Å². The van der Waals surface area contributed by atoms with E-state index < -0.39 is 10.7 Å². The van der Waals surface area contributed by atoms with E-state index in [0.717, 1.165) is 18.2 Å². The molecule has 0 unspecified atom stereocenters. The molecule has 0 radical (unpaired) electrons. The normalized spacial score (nSPS) is 10.4. The van der Waals surface area contributed by atoms with Crippen molar-refractivity contribution in [3.63, 3.8) is 0 Å². The van der Waals surface area contributed by atoms with Gasteiger partial charge in [0.2, 0.25) is 0 Å². The van der Waals surface area contributed by atoms with Crippen molar-refractivity contribution in [3.05, 3.63) is 34.1 Å². The third-order valence-electron chi connectivity index (χ3n) is 1.83. The Hall–Kier alpha value is -1.14. The van der Waals surface area contributed by atoms with Crippen LogP contribution in [0.2, 0.25) is 0 Å². The van der Waals surface area contributed by atoms with Gasteiger partial charge in [-0.15, -0.1) is 11.8 Å². The number of halogens is 1. The first-order valence-electron chi connectivity index (χ1n) is 4.70. The van der Waals surface area contributed by atoms with Gasteiger partial charge in [-0.3, -0.25) is 10.1 Å². The van der Waals surface area contributed by atoms with Crippen LogP contribution in [0.15, 0.2) is 23.1 Å². The Bertz CT molecular complexity index is 373. The largest absolute Gasteiger partial charge is 0.385 e. The summed E-state index contributed by atoms with van der Waals surface area (Å²) in [6.45, 7) is 0.629. The summed E-state index contributed by atoms with van der Waals surface area (Å²) in [7, 11) is 1.61. The molecule has 1 aromatic carbocycles. The number of nitro groups is 1. The lowest BCUT2D eigenvalue weighted by Crippen LogP contribution is -1.92. The minimum Gasteiger partial charge on any atom is -0.385 e. The minimum absolute atomic E-state index is 0.214. The molecule has 0 saturated carbocycles. The minimum atomic E-state index is -0.595. The van der Waals surface area contributed by atoms with Crippen molar-refractivity contribution in [3.8, 4) is 0 Å². The van der Waals surface area contributed by atoms with Crippen molar-refractivity contribution < 1.29 is 14.1 Å². The lowest BCUT2D eigenvalue weighted by molar-refractivity contribution is -0.385. The Kier molecular flexibility index (Phi) is 5.21. The summed E-state index contributed by atoms with van der Waals surface area (Å²) in [5.74, 6) is 0.164. The molecule has 0 aliphatic heterocycles. The summed E-state index contributed by atoms with van der Waals surface area (Å²) in [6.07, 6.45) is 0.825. The van der Waals surface area contributed by atoms with Crippen LogP contribution < -0.4 is 0 Å². The molecule has 0 saturated heterocycles. The Morgan fingerprint density at radius 3 is 2.88 bits per heavy atom. The first-order chi connectivity index (χ1) is 7.63. The van der Waals surface area contributed by atoms with Crippen LogP contribution in [0.1, 0.15) is 6.42 Å². The Labute approximate surface area is 96.9 Å². The molecule has 0 aliphatic carbocycles. The Morgan fingerprint density at radius 1 is 1.50 bits per heavy atom. The Balaban J connectivity index is 2.62. The number of hydrogen-bond acceptors (Lipinski definition) is 4. The number of benzene rings is 1. The van der Waals surface area contributed by atoms with Crippen molar-refractivity contribution in [1.29, 1.82) is 0 Å². The van der Waals surface area contributed by atoms with E-state index in [1.807, 2.05) is 0 Å². The van der Waals surface area contributed by atoms with Gasteiger partial charge in [0.05, 0.1) is 11.0 Å². The number of nitro benzene ring substituents is 1. The standard InChI is InChI=1S/C10H12FNO3S/c1-15-3-2-4-16-10-6-8(11)5-9(7-10)12(13)14/h5-7H,2-4H2,1H3. The highest BCUT2D eigenvalue weighted by molar-refractivity contribution is 7.99. The summed E-state index contributed by atoms with van der Waals surface area (Å²) in [6, 6.07) is 3.59. The van der Waals surface area contributed by atoms with Crippen molar-refractivity contribution >= 4 is 17.4 Å². The van der Waals surface area contributed by atoms with Crippen LogP contribution in [-0.2, 0) is 4.74 Å². The molecule has 1 aromatic rings. The number of non-ortho nitro benzene ring substituents is 1. The quantitative estimate of drug-likeness (QED) is 0.334. The predicted molar refractivity (Wildman–Crippen MR) is 60.3 cm³/mol. The van der Waals surface area contributed by atoms with Crippen LogP contribution in [0.5, 0.6) is 0 Å². The molecule has 0 N–H and O–H groups in total. The van der Waals surface area contributed by atoms with Crippen molar-refractivity contribution in [2.24, 2.45) is 0 Å². The van der Waals surface area contributed by atoms with Crippen LogP contribution in [0.4, 0.5) is 10.1 Å². The maximum Gasteiger partial charge on any atom is 0.273 e. The second-order valence-electron chi connectivity index (χ2n) is 3.10. The zero-order valence-corrected chi connectivity index (χ0v) is 9.63. The van der Waals surface area contributed by atoms with E-state index in [1.54, 1.807) is 7.11 Å². The molecule has 6 heteroatoms. The van der Waals surface area contributed by atoms with Crippen molar-refractivity contribution in [2.45, 2.75) is 11.3 Å². The van der Waals surface area contributed by atoms with Crippen LogP contribution in [0, 0.1) is 15.9 Å². The first kappa shape index (κ1) is 12.9. The Morgan fingerprint density at radius 2 is 2.25 bits per heavy atom. The zero-order valence-electron chi connectivity index (χ0n) is 8.81. The fraction of sp³-hybridized carbons (Fsp3) is 0.400. The molecule has 88 valence electrons. The fourth-order valence-electron chi connectivity index (χ4n) is 1.13. The van der Waals surface area contributed by atoms with Gasteiger partial charge in [-0.25, -0.2) is 4.39 Å². The molecule has 0 aliphatic rings. The maximum absolute atomic E-state index is 13.0. The highest BCUT2D eigenvalue weighted by Gasteiger charge is 2.09. The number of hydrogen-bond donors (Lipinski definition) is 0. The summed E-state index contributed by atoms with van der Waals surface area (Å²) in [4.78, 5) is 10.5. The molecule has 0 bridgehead atoms. The highest BCUT2D eigenvalue weighted by atomic mass is 32.2. The van der Waals surface area contributed by atoms with E-state index in [-0.39, 0.29) is 5.69 Å². The second kappa shape index (κ2) is 6.44. The van der Waals surface area contributed by atoms with Gasteiger partial charge in [-0.05, 0) is 12.5 Å². The number of ether oxygens (including phenoxy) is 1. The molecule has 16 heavy (non-hydrogen) atoms. The molecule has 0 spiro atoms. The van der Waals surface area contributed by atoms with Crippen LogP contribution >= 0.6 is 11.8 Å². The maximum atomic E-state index is 13.0. The van der Waals surface area contributed by atoms with Gasteiger partial charge in [-0.2, -0.15) is 0 Å². The van der Waals surface area contributed by atoms with Gasteiger partial charge in [0.25, 0.3) is 5.69 Å². The summed E-state index contributed by atoms with van der Waals surface area (Å²) >= 11 is 1.38. The molecule has 0 amide bonds. The molecule has 4 nitrogen and oxygen atoms in total. The summed E-state index contributed by atoms with van der Waals surface area (Å²) in [5.41, 5.74) is -0.214. The lowest BCUT2D eigenvalue weighted by atomic mass is 10.3. The van der Waals surface area contributed by atoms with E-state index in [2.05, 4.69) is 0 Å². The van der Waals surface area contributed by atoms with Gasteiger partial charge in [0, 0.05) is 30.4 Å². The van der Waals surface area contributed by atoms with Crippen molar-refractivity contribution in [2.75, 3.05) is 19.5 Å². The van der Waals surface area contributed by atoms with Gasteiger partial charge in [0.1, 0.15) is 5.82 Å². The third-order valence-corrected chi connectivity index (χ3v) is 2.89. The molecule has 0 fully saturated rings. The van der Waals surface area contributed by atoms with Gasteiger partial charge >= 0.3 is 0 Å². The molecule has 0 aromatic heterocycles. The number of thioether (sulfide) groups is 1. The zero-order chi connectivity index (χ0) is 12.0. The van der Waals surface area contributed by atoms with E-state index >= 15 is 0 Å². The number of rotatable bonds is 6. The average molecular weight is 245 g/mol. The number of methoxy groups -OCH3 is 1. The van der Waals surface area contributed by atoms with Gasteiger partial charge in [-0.1, -0.05) is 0 Å². The highest BCUT2D eigenvalue weighted by Crippen LogP contribution is 2.25.